The Bertz CT molecular complexity index is 676. The SMILES string of the molecule is CCS(=O)(=O)NCCNC(=NC)Nc1ccc2c(c1)OCCCO2. The van der Waals surface area contributed by atoms with E-state index in [-0.39, 0.29) is 12.3 Å². The highest BCUT2D eigenvalue weighted by Gasteiger charge is 2.11. The summed E-state index contributed by atoms with van der Waals surface area (Å²) < 4.78 is 36.5. The summed E-state index contributed by atoms with van der Waals surface area (Å²) in [6.45, 7) is 3.58. The molecule has 1 aromatic rings. The van der Waals surface area contributed by atoms with E-state index in [0.29, 0.717) is 31.5 Å². The van der Waals surface area contributed by atoms with Crippen LogP contribution in [0, 0.1) is 0 Å². The molecule has 3 N–H and O–H groups in total. The average Bonchev–Trinajstić information content (AvgIpc) is 2.82. The second-order valence-electron chi connectivity index (χ2n) is 5.13. The third-order valence-electron chi connectivity index (χ3n) is 3.35. The largest absolute Gasteiger partial charge is 0.490 e. The van der Waals surface area contributed by atoms with Crippen LogP contribution in [0.1, 0.15) is 13.3 Å². The van der Waals surface area contributed by atoms with Crippen molar-refractivity contribution in [2.45, 2.75) is 13.3 Å². The molecule has 0 amide bonds. The van der Waals surface area contributed by atoms with Gasteiger partial charge < -0.3 is 20.1 Å². The van der Waals surface area contributed by atoms with Gasteiger partial charge in [-0.25, -0.2) is 13.1 Å². The fourth-order valence-corrected chi connectivity index (χ4v) is 2.66. The summed E-state index contributed by atoms with van der Waals surface area (Å²) in [5.74, 6) is 2.04. The van der Waals surface area contributed by atoms with Crippen molar-refractivity contribution in [3.8, 4) is 11.5 Å². The molecule has 0 fully saturated rings. The summed E-state index contributed by atoms with van der Waals surface area (Å²) in [4.78, 5) is 4.11. The Morgan fingerprint density at radius 2 is 1.96 bits per heavy atom. The topological polar surface area (TPSA) is 101 Å². The lowest BCUT2D eigenvalue weighted by atomic mass is 10.3. The molecule has 0 unspecified atom stereocenters. The van der Waals surface area contributed by atoms with Gasteiger partial charge in [-0.2, -0.15) is 0 Å². The zero-order chi connectivity index (χ0) is 17.4. The molecule has 1 aromatic carbocycles. The molecule has 0 saturated heterocycles. The van der Waals surface area contributed by atoms with E-state index < -0.39 is 10.0 Å². The fraction of sp³-hybridized carbons (Fsp3) is 0.533. The van der Waals surface area contributed by atoms with Crippen LogP contribution in [0.3, 0.4) is 0 Å². The first-order chi connectivity index (χ1) is 11.5. The van der Waals surface area contributed by atoms with Crippen LogP contribution < -0.4 is 24.8 Å². The number of fused-ring (bicyclic) bond motifs is 1. The zero-order valence-electron chi connectivity index (χ0n) is 14.0. The number of benzene rings is 1. The quantitative estimate of drug-likeness (QED) is 0.395. The maximum atomic E-state index is 11.4. The second kappa shape index (κ2) is 8.74. The van der Waals surface area contributed by atoms with Crippen LogP contribution in [0.4, 0.5) is 5.69 Å². The molecular formula is C15H24N4O4S. The monoisotopic (exact) mass is 356 g/mol. The van der Waals surface area contributed by atoms with Gasteiger partial charge in [0.05, 0.1) is 19.0 Å². The molecule has 9 heteroatoms. The summed E-state index contributed by atoms with van der Waals surface area (Å²) in [6, 6.07) is 5.58. The Morgan fingerprint density at radius 3 is 2.67 bits per heavy atom. The van der Waals surface area contributed by atoms with E-state index in [9.17, 15) is 8.42 Å². The fourth-order valence-electron chi connectivity index (χ4n) is 2.05. The van der Waals surface area contributed by atoms with Crippen LogP contribution >= 0.6 is 0 Å². The highest BCUT2D eigenvalue weighted by Crippen LogP contribution is 2.32. The molecule has 8 nitrogen and oxygen atoms in total. The highest BCUT2D eigenvalue weighted by molar-refractivity contribution is 7.89. The smallest absolute Gasteiger partial charge is 0.211 e. The van der Waals surface area contributed by atoms with Gasteiger partial charge in [0.15, 0.2) is 17.5 Å². The molecule has 0 saturated carbocycles. The number of rotatable bonds is 6. The van der Waals surface area contributed by atoms with Crippen molar-refractivity contribution in [1.82, 2.24) is 10.0 Å². The number of anilines is 1. The zero-order valence-corrected chi connectivity index (χ0v) is 14.8. The van der Waals surface area contributed by atoms with Gasteiger partial charge in [-0.05, 0) is 19.1 Å². The molecule has 134 valence electrons. The lowest BCUT2D eigenvalue weighted by Crippen LogP contribution is -2.38. The summed E-state index contributed by atoms with van der Waals surface area (Å²) in [7, 11) is -1.53. The molecule has 2 rings (SSSR count). The molecule has 0 spiro atoms. The van der Waals surface area contributed by atoms with Crippen molar-refractivity contribution >= 4 is 21.7 Å². The van der Waals surface area contributed by atoms with Crippen molar-refractivity contribution in [3.63, 3.8) is 0 Å². The Labute approximate surface area is 142 Å². The average molecular weight is 356 g/mol. The number of nitrogens with one attached hydrogen (secondary N) is 3. The van der Waals surface area contributed by atoms with Crippen molar-refractivity contribution in [1.29, 1.82) is 0 Å². The van der Waals surface area contributed by atoms with E-state index in [1.807, 2.05) is 18.2 Å². The number of sulfonamides is 1. The molecule has 0 radical (unpaired) electrons. The minimum atomic E-state index is -3.18. The van der Waals surface area contributed by atoms with Gasteiger partial charge in [0, 0.05) is 38.3 Å². The van der Waals surface area contributed by atoms with Crippen LogP contribution in [-0.4, -0.2) is 53.5 Å². The summed E-state index contributed by atoms with van der Waals surface area (Å²) >= 11 is 0. The Morgan fingerprint density at radius 1 is 1.21 bits per heavy atom. The standard InChI is InChI=1S/C15H24N4O4S/c1-3-24(20,21)18-8-7-17-15(16-2)19-12-5-6-13-14(11-12)23-10-4-9-22-13/h5-6,11,18H,3-4,7-10H2,1-2H3,(H2,16,17,19). The van der Waals surface area contributed by atoms with Crippen LogP contribution in [0.5, 0.6) is 11.5 Å². The van der Waals surface area contributed by atoms with E-state index in [1.54, 1.807) is 14.0 Å². The number of ether oxygens (including phenoxy) is 2. The van der Waals surface area contributed by atoms with E-state index in [4.69, 9.17) is 9.47 Å². The van der Waals surface area contributed by atoms with Gasteiger partial charge in [0.25, 0.3) is 0 Å². The molecule has 0 bridgehead atoms. The predicted molar refractivity (Wildman–Crippen MR) is 94.5 cm³/mol. The van der Waals surface area contributed by atoms with E-state index in [1.165, 1.54) is 0 Å². The number of hydrogen-bond donors (Lipinski definition) is 3. The minimum Gasteiger partial charge on any atom is -0.490 e. The maximum absolute atomic E-state index is 11.4. The Kier molecular flexibility index (Phi) is 6.68. The normalized spacial score (nSPS) is 14.8. The van der Waals surface area contributed by atoms with Crippen molar-refractivity contribution in [3.05, 3.63) is 18.2 Å². The van der Waals surface area contributed by atoms with E-state index in [2.05, 4.69) is 20.3 Å². The van der Waals surface area contributed by atoms with Crippen LogP contribution in [-0.2, 0) is 10.0 Å². The Hall–Kier alpha value is -2.00. The molecular weight excluding hydrogens is 332 g/mol. The third-order valence-corrected chi connectivity index (χ3v) is 4.76. The number of aliphatic imine (C=N–C) groups is 1. The second-order valence-corrected chi connectivity index (χ2v) is 7.23. The molecule has 0 aliphatic carbocycles. The van der Waals surface area contributed by atoms with Crippen LogP contribution in [0.15, 0.2) is 23.2 Å². The summed E-state index contributed by atoms with van der Waals surface area (Å²) in [5.41, 5.74) is 0.807. The van der Waals surface area contributed by atoms with Crippen LogP contribution in [0.25, 0.3) is 0 Å². The minimum absolute atomic E-state index is 0.0666. The van der Waals surface area contributed by atoms with Crippen LogP contribution in [0.2, 0.25) is 0 Å². The van der Waals surface area contributed by atoms with Gasteiger partial charge in [0.1, 0.15) is 0 Å². The highest BCUT2D eigenvalue weighted by atomic mass is 32.2. The first kappa shape index (κ1) is 18.3. The Balaban J connectivity index is 1.88. The van der Waals surface area contributed by atoms with Gasteiger partial charge >= 0.3 is 0 Å². The first-order valence-corrected chi connectivity index (χ1v) is 9.54. The molecule has 1 heterocycles. The van der Waals surface area contributed by atoms with Crippen molar-refractivity contribution < 1.29 is 17.9 Å². The van der Waals surface area contributed by atoms with E-state index in [0.717, 1.165) is 17.9 Å². The third kappa shape index (κ3) is 5.57. The van der Waals surface area contributed by atoms with Crippen molar-refractivity contribution in [2.24, 2.45) is 4.99 Å². The van der Waals surface area contributed by atoms with Gasteiger partial charge in [-0.1, -0.05) is 0 Å². The summed E-state index contributed by atoms with van der Waals surface area (Å²) in [6.07, 6.45) is 0.855. The number of guanidine groups is 1. The van der Waals surface area contributed by atoms with Gasteiger partial charge in [-0.15, -0.1) is 0 Å². The molecule has 1 aliphatic heterocycles. The van der Waals surface area contributed by atoms with Gasteiger partial charge in [0.2, 0.25) is 10.0 Å². The molecule has 0 atom stereocenters. The summed E-state index contributed by atoms with van der Waals surface area (Å²) in [5, 5.41) is 6.18. The van der Waals surface area contributed by atoms with Crippen molar-refractivity contribution in [2.75, 3.05) is 44.4 Å². The van der Waals surface area contributed by atoms with E-state index >= 15 is 0 Å². The lowest BCUT2D eigenvalue weighted by Gasteiger charge is -2.14. The molecule has 0 aromatic heterocycles. The predicted octanol–water partition coefficient (Wildman–Crippen LogP) is 0.775. The molecule has 24 heavy (non-hydrogen) atoms. The van der Waals surface area contributed by atoms with Gasteiger partial charge in [-0.3, -0.25) is 4.99 Å². The number of hydrogen-bond acceptors (Lipinski definition) is 5. The molecule has 1 aliphatic rings. The maximum Gasteiger partial charge on any atom is 0.211 e. The number of nitrogens with zero attached hydrogens (tertiary/aromatic N) is 1. The lowest BCUT2D eigenvalue weighted by molar-refractivity contribution is 0.297. The first-order valence-electron chi connectivity index (χ1n) is 7.88.